The van der Waals surface area contributed by atoms with Crippen LogP contribution in [0.5, 0.6) is 0 Å². The molecule has 90 valence electrons. The van der Waals surface area contributed by atoms with Gasteiger partial charge < -0.3 is 4.90 Å². The van der Waals surface area contributed by atoms with Crippen LogP contribution in [-0.4, -0.2) is 17.7 Å². The molecule has 0 spiro atoms. The van der Waals surface area contributed by atoms with Gasteiger partial charge in [0, 0.05) is 18.7 Å². The molecule has 1 amide bonds. The molecule has 0 N–H and O–H groups in total. The summed E-state index contributed by atoms with van der Waals surface area (Å²) in [6.07, 6.45) is 0.0807. The minimum absolute atomic E-state index is 0.0593. The predicted octanol–water partition coefficient (Wildman–Crippen LogP) is 2.60. The van der Waals surface area contributed by atoms with E-state index in [1.165, 1.54) is 23.1 Å². The number of amides is 1. The Hall–Kier alpha value is -1.13. The molecule has 1 atom stereocenters. The van der Waals surface area contributed by atoms with Crippen molar-refractivity contribution in [3.05, 3.63) is 29.0 Å². The normalized spacial score (nSPS) is 19.8. The molecule has 1 aromatic carbocycles. The molecule has 0 aromatic heterocycles. The molecule has 0 bridgehead atoms. The lowest BCUT2D eigenvalue weighted by Gasteiger charge is -2.16. The number of carbonyl (C=O) groups excluding carboxylic acids is 2. The van der Waals surface area contributed by atoms with Crippen LogP contribution in [0.1, 0.15) is 6.42 Å². The van der Waals surface area contributed by atoms with Crippen molar-refractivity contribution in [1.29, 1.82) is 0 Å². The average Bonchev–Trinajstić information content (AvgIpc) is 2.65. The fraction of sp³-hybridized carbons (Fsp3) is 0.273. The molecule has 3 nitrogen and oxygen atoms in total. The highest BCUT2D eigenvalue weighted by Crippen LogP contribution is 2.29. The molecule has 1 unspecified atom stereocenters. The number of hydrogen-bond donors (Lipinski definition) is 0. The van der Waals surface area contributed by atoms with E-state index in [1.54, 1.807) is 0 Å². The zero-order valence-corrected chi connectivity index (χ0v) is 10.1. The maximum absolute atomic E-state index is 13.0. The molecule has 0 aliphatic carbocycles. The first kappa shape index (κ1) is 12.3. The first-order chi connectivity index (χ1) is 7.99. The third-order valence-corrected chi connectivity index (χ3v) is 3.26. The van der Waals surface area contributed by atoms with Gasteiger partial charge in [-0.25, -0.2) is 4.39 Å². The summed E-state index contributed by atoms with van der Waals surface area (Å²) in [5, 5.41) is -0.593. The van der Waals surface area contributed by atoms with Crippen LogP contribution < -0.4 is 4.90 Å². The van der Waals surface area contributed by atoms with Gasteiger partial charge in [0.2, 0.25) is 11.1 Å². The van der Waals surface area contributed by atoms with Crippen molar-refractivity contribution >= 4 is 40.0 Å². The Morgan fingerprint density at radius 3 is 2.71 bits per heavy atom. The topological polar surface area (TPSA) is 37.4 Å². The van der Waals surface area contributed by atoms with Crippen LogP contribution in [0.25, 0.3) is 0 Å². The molecule has 1 aliphatic heterocycles. The van der Waals surface area contributed by atoms with Gasteiger partial charge >= 0.3 is 0 Å². The lowest BCUT2D eigenvalue weighted by molar-refractivity contribution is -0.120. The average molecular weight is 276 g/mol. The second-order valence-corrected chi connectivity index (χ2v) is 4.59. The first-order valence-corrected chi connectivity index (χ1v) is 5.69. The molecule has 1 fully saturated rings. The molecule has 1 heterocycles. The van der Waals surface area contributed by atoms with E-state index >= 15 is 0 Å². The Morgan fingerprint density at radius 1 is 1.47 bits per heavy atom. The van der Waals surface area contributed by atoms with Crippen LogP contribution >= 0.6 is 23.2 Å². The zero-order chi connectivity index (χ0) is 12.6. The van der Waals surface area contributed by atoms with E-state index in [-0.39, 0.29) is 23.9 Å². The number of hydrogen-bond acceptors (Lipinski definition) is 2. The summed E-state index contributed by atoms with van der Waals surface area (Å²) in [7, 11) is 0. The highest BCUT2D eigenvalue weighted by molar-refractivity contribution is 6.64. The molecule has 1 aromatic rings. The zero-order valence-electron chi connectivity index (χ0n) is 8.62. The second kappa shape index (κ2) is 4.63. The van der Waals surface area contributed by atoms with Crippen molar-refractivity contribution in [2.24, 2.45) is 5.92 Å². The van der Waals surface area contributed by atoms with Gasteiger partial charge in [-0.3, -0.25) is 9.59 Å². The van der Waals surface area contributed by atoms with E-state index in [2.05, 4.69) is 0 Å². The third kappa shape index (κ3) is 2.42. The second-order valence-electron chi connectivity index (χ2n) is 3.81. The van der Waals surface area contributed by atoms with Gasteiger partial charge in [0.1, 0.15) is 5.82 Å². The first-order valence-electron chi connectivity index (χ1n) is 4.94. The van der Waals surface area contributed by atoms with Gasteiger partial charge in [-0.05, 0) is 29.8 Å². The van der Waals surface area contributed by atoms with Gasteiger partial charge in [0.25, 0.3) is 0 Å². The minimum atomic E-state index is -0.549. The van der Waals surface area contributed by atoms with E-state index in [1.807, 2.05) is 0 Å². The van der Waals surface area contributed by atoms with Crippen molar-refractivity contribution in [2.75, 3.05) is 11.4 Å². The summed E-state index contributed by atoms with van der Waals surface area (Å²) >= 11 is 11.0. The van der Waals surface area contributed by atoms with Crippen molar-refractivity contribution in [3.8, 4) is 0 Å². The van der Waals surface area contributed by atoms with Crippen LogP contribution in [0.4, 0.5) is 10.1 Å². The Labute approximate surface area is 107 Å². The highest BCUT2D eigenvalue weighted by atomic mass is 35.5. The summed E-state index contributed by atoms with van der Waals surface area (Å²) in [6, 6.07) is 3.98. The van der Waals surface area contributed by atoms with Gasteiger partial charge in [0.05, 0.1) is 10.9 Å². The van der Waals surface area contributed by atoms with E-state index in [0.29, 0.717) is 5.69 Å². The van der Waals surface area contributed by atoms with Crippen LogP contribution in [0.3, 0.4) is 0 Å². The quantitative estimate of drug-likeness (QED) is 0.778. The largest absolute Gasteiger partial charge is 0.312 e. The van der Waals surface area contributed by atoms with Gasteiger partial charge in [-0.2, -0.15) is 0 Å². The lowest BCUT2D eigenvalue weighted by Crippen LogP contribution is -2.25. The number of carbonyl (C=O) groups is 2. The molecule has 2 rings (SSSR count). The van der Waals surface area contributed by atoms with E-state index in [0.717, 1.165) is 0 Å². The Morgan fingerprint density at radius 2 is 2.18 bits per heavy atom. The number of benzene rings is 1. The van der Waals surface area contributed by atoms with Gasteiger partial charge in [0.15, 0.2) is 0 Å². The van der Waals surface area contributed by atoms with Crippen molar-refractivity contribution in [3.63, 3.8) is 0 Å². The number of halogens is 3. The van der Waals surface area contributed by atoms with Crippen LogP contribution in [0.15, 0.2) is 18.2 Å². The smallest absolute Gasteiger partial charge is 0.227 e. The summed E-state index contributed by atoms with van der Waals surface area (Å²) in [4.78, 5) is 24.0. The number of anilines is 1. The summed E-state index contributed by atoms with van der Waals surface area (Å²) in [5.74, 6) is -1.27. The van der Waals surface area contributed by atoms with Crippen LogP contribution in [0, 0.1) is 11.7 Å². The molecule has 6 heteroatoms. The molecule has 1 saturated heterocycles. The van der Waals surface area contributed by atoms with Crippen molar-refractivity contribution in [1.82, 2.24) is 0 Å². The van der Waals surface area contributed by atoms with Crippen molar-refractivity contribution in [2.45, 2.75) is 6.42 Å². The summed E-state index contributed by atoms with van der Waals surface area (Å²) < 4.78 is 13.0. The molecule has 0 saturated carbocycles. The Kier molecular flexibility index (Phi) is 3.35. The molecular formula is C11H8Cl2FNO2. The Bertz CT molecular complexity index is 492. The summed E-state index contributed by atoms with van der Waals surface area (Å²) in [5.41, 5.74) is 0.474. The molecule has 0 radical (unpaired) electrons. The summed E-state index contributed by atoms with van der Waals surface area (Å²) in [6.45, 7) is 0.211. The number of nitrogens with zero attached hydrogens (tertiary/aromatic N) is 1. The molecular weight excluding hydrogens is 268 g/mol. The van der Waals surface area contributed by atoms with Crippen LogP contribution in [-0.2, 0) is 9.59 Å². The highest BCUT2D eigenvalue weighted by Gasteiger charge is 2.34. The maximum Gasteiger partial charge on any atom is 0.227 e. The van der Waals surface area contributed by atoms with Crippen molar-refractivity contribution < 1.29 is 14.0 Å². The predicted molar refractivity (Wildman–Crippen MR) is 62.7 cm³/mol. The Balaban J connectivity index is 2.26. The van der Waals surface area contributed by atoms with Gasteiger partial charge in [-0.15, -0.1) is 0 Å². The molecule has 1 aliphatic rings. The van der Waals surface area contributed by atoms with Gasteiger partial charge in [-0.1, -0.05) is 11.6 Å². The van der Waals surface area contributed by atoms with E-state index in [9.17, 15) is 14.0 Å². The fourth-order valence-electron chi connectivity index (χ4n) is 1.76. The fourth-order valence-corrected chi connectivity index (χ4v) is 2.08. The number of rotatable bonds is 2. The monoisotopic (exact) mass is 275 g/mol. The SMILES string of the molecule is O=C(Cl)C1CC(=O)N(c2ccc(F)c(Cl)c2)C1. The van der Waals surface area contributed by atoms with E-state index in [4.69, 9.17) is 23.2 Å². The lowest BCUT2D eigenvalue weighted by atomic mass is 10.1. The third-order valence-electron chi connectivity index (χ3n) is 2.66. The van der Waals surface area contributed by atoms with Crippen LogP contribution in [0.2, 0.25) is 5.02 Å². The maximum atomic E-state index is 13.0. The molecule has 17 heavy (non-hydrogen) atoms. The standard InChI is InChI=1S/C11H8Cl2FNO2/c12-8-4-7(1-2-9(8)14)15-5-6(11(13)17)3-10(15)16/h1-2,4,6H,3,5H2. The van der Waals surface area contributed by atoms with E-state index < -0.39 is 17.0 Å². The minimum Gasteiger partial charge on any atom is -0.312 e.